The Morgan fingerprint density at radius 3 is 2.59 bits per heavy atom. The molecule has 2 N–H and O–H groups in total. The van der Waals surface area contributed by atoms with Crippen molar-refractivity contribution in [3.8, 4) is 5.75 Å². The zero-order chi connectivity index (χ0) is 21.8. The van der Waals surface area contributed by atoms with Gasteiger partial charge in [-0.05, 0) is 31.4 Å². The van der Waals surface area contributed by atoms with Crippen molar-refractivity contribution in [3.63, 3.8) is 0 Å². The number of fused-ring (bicyclic) bond motifs is 5. The number of allylic oxidation sites excluding steroid dienone is 3. The topological polar surface area (TPSA) is 69.4 Å². The Labute approximate surface area is 186 Å². The van der Waals surface area contributed by atoms with Gasteiger partial charge in [-0.15, -0.1) is 0 Å². The first-order valence-electron chi connectivity index (χ1n) is 11.4. The van der Waals surface area contributed by atoms with Crippen LogP contribution in [0, 0.1) is 12.8 Å². The molecule has 2 aromatic rings. The second-order valence-corrected chi connectivity index (χ2v) is 9.13. The summed E-state index contributed by atoms with van der Waals surface area (Å²) in [4.78, 5) is 30.8. The van der Waals surface area contributed by atoms with Crippen LogP contribution in [0.15, 0.2) is 65.6 Å². The molecule has 0 radical (unpaired) electrons. The number of Topliss-reactive ketones (excluding diaryl/α,β-unsaturated/α-hetero) is 2. The Kier molecular flexibility index (Phi) is 4.39. The fraction of sp³-hybridized carbons (Fsp3) is 0.296. The summed E-state index contributed by atoms with van der Waals surface area (Å²) in [5, 5.41) is 3.62. The lowest BCUT2D eigenvalue weighted by Crippen LogP contribution is -2.72. The molecule has 0 saturated heterocycles. The van der Waals surface area contributed by atoms with Gasteiger partial charge in [-0.25, -0.2) is 4.99 Å². The number of carbonyl (C=O) groups excluding carboxylic acids is 2. The molecule has 1 aliphatic heterocycles. The van der Waals surface area contributed by atoms with Crippen LogP contribution in [-0.4, -0.2) is 23.3 Å². The van der Waals surface area contributed by atoms with E-state index in [1.165, 1.54) is 19.3 Å². The molecular weight excluding hydrogens is 400 g/mol. The number of nitrogens with one attached hydrogen (secondary N) is 2. The van der Waals surface area contributed by atoms with Gasteiger partial charge in [-0.2, -0.15) is 0 Å². The average Bonchev–Trinajstić information content (AvgIpc) is 2.81. The van der Waals surface area contributed by atoms with Crippen molar-refractivity contribution >= 4 is 23.0 Å². The first-order valence-corrected chi connectivity index (χ1v) is 11.4. The van der Waals surface area contributed by atoms with Gasteiger partial charge in [0.15, 0.2) is 23.1 Å². The second-order valence-electron chi connectivity index (χ2n) is 9.13. The van der Waals surface area contributed by atoms with Crippen molar-refractivity contribution in [2.24, 2.45) is 5.92 Å². The van der Waals surface area contributed by atoms with Crippen LogP contribution in [0.5, 0.6) is 5.75 Å². The summed E-state index contributed by atoms with van der Waals surface area (Å²) in [6, 6.07) is 13.4. The highest BCUT2D eigenvalue weighted by Gasteiger charge is 2.49. The van der Waals surface area contributed by atoms with Gasteiger partial charge in [0, 0.05) is 40.6 Å². The van der Waals surface area contributed by atoms with Gasteiger partial charge in [0.2, 0.25) is 11.4 Å². The van der Waals surface area contributed by atoms with Gasteiger partial charge in [0.05, 0.1) is 0 Å². The molecule has 5 heteroatoms. The molecule has 0 spiro atoms. The van der Waals surface area contributed by atoms with E-state index in [0.717, 1.165) is 35.5 Å². The summed E-state index contributed by atoms with van der Waals surface area (Å²) in [7, 11) is 0. The van der Waals surface area contributed by atoms with E-state index in [2.05, 4.69) is 10.3 Å². The zero-order valence-corrected chi connectivity index (χ0v) is 18.0. The summed E-state index contributed by atoms with van der Waals surface area (Å²) < 4.78 is 6.28. The zero-order valence-electron chi connectivity index (χ0n) is 18.0. The summed E-state index contributed by atoms with van der Waals surface area (Å²) in [5.74, 6) is 0.498. The van der Waals surface area contributed by atoms with Crippen LogP contribution in [0.4, 0.5) is 5.69 Å². The van der Waals surface area contributed by atoms with E-state index < -0.39 is 5.92 Å². The van der Waals surface area contributed by atoms with Gasteiger partial charge in [-0.1, -0.05) is 49.6 Å². The molecule has 0 aromatic heterocycles. The Morgan fingerprint density at radius 2 is 1.78 bits per heavy atom. The smallest absolute Gasteiger partial charge is 0.246 e. The maximum atomic E-state index is 13.7. The van der Waals surface area contributed by atoms with Crippen molar-refractivity contribution in [3.05, 3.63) is 82.3 Å². The lowest BCUT2D eigenvalue weighted by molar-refractivity contribution is -0.361. The summed E-state index contributed by atoms with van der Waals surface area (Å²) in [6.07, 6.45) is 7.66. The minimum atomic E-state index is -0.696. The number of ether oxygens (including phenoxy) is 1. The van der Waals surface area contributed by atoms with Crippen LogP contribution in [-0.2, 0) is 0 Å². The molecule has 0 amide bonds. The molecule has 6 rings (SSSR count). The Balaban J connectivity index is 1.53. The Bertz CT molecular complexity index is 1260. The average molecular weight is 426 g/mol. The van der Waals surface area contributed by atoms with Crippen molar-refractivity contribution < 1.29 is 19.3 Å². The quantitative estimate of drug-likeness (QED) is 0.775. The highest BCUT2D eigenvalue weighted by atomic mass is 16.5. The van der Waals surface area contributed by atoms with E-state index in [9.17, 15) is 9.59 Å². The first kappa shape index (κ1) is 19.2. The number of ketones is 2. The fourth-order valence-electron chi connectivity index (χ4n) is 5.33. The third kappa shape index (κ3) is 2.95. The Hall–Kier alpha value is -3.47. The molecule has 0 bridgehead atoms. The molecule has 1 saturated carbocycles. The van der Waals surface area contributed by atoms with Crippen LogP contribution >= 0.6 is 0 Å². The molecule has 32 heavy (non-hydrogen) atoms. The lowest BCUT2D eigenvalue weighted by Gasteiger charge is -2.33. The number of hydrogen-bond donors (Lipinski definition) is 2. The minimum absolute atomic E-state index is 0.0644. The number of aryl methyl sites for hydroxylation is 1. The number of hydrogen-bond acceptors (Lipinski definition) is 4. The number of carbonyl (C=O) groups is 2. The Morgan fingerprint density at radius 1 is 1.00 bits per heavy atom. The highest BCUT2D eigenvalue weighted by Crippen LogP contribution is 2.39. The van der Waals surface area contributed by atoms with Gasteiger partial charge >= 0.3 is 0 Å². The van der Waals surface area contributed by atoms with Gasteiger partial charge in [0.1, 0.15) is 5.92 Å². The van der Waals surface area contributed by atoms with Crippen LogP contribution in [0.1, 0.15) is 58.4 Å². The van der Waals surface area contributed by atoms with Crippen molar-refractivity contribution in [2.75, 3.05) is 0 Å². The van der Waals surface area contributed by atoms with E-state index in [1.807, 2.05) is 43.3 Å². The van der Waals surface area contributed by atoms with Crippen molar-refractivity contribution in [1.29, 1.82) is 0 Å². The largest absolute Gasteiger partial charge is 0.444 e. The molecule has 1 fully saturated rings. The van der Waals surface area contributed by atoms with E-state index >= 15 is 0 Å². The van der Waals surface area contributed by atoms with Crippen LogP contribution in [0.25, 0.3) is 0 Å². The van der Waals surface area contributed by atoms with Crippen LogP contribution in [0.2, 0.25) is 0 Å². The molecule has 160 valence electrons. The summed E-state index contributed by atoms with van der Waals surface area (Å²) in [6.45, 7) is 2.02. The minimum Gasteiger partial charge on any atom is -0.444 e. The second kappa shape index (κ2) is 7.30. The predicted octanol–water partition coefficient (Wildman–Crippen LogP) is 3.31. The third-order valence-corrected chi connectivity index (χ3v) is 6.94. The molecule has 3 aliphatic carbocycles. The maximum Gasteiger partial charge on any atom is 0.246 e. The molecule has 4 aliphatic rings. The summed E-state index contributed by atoms with van der Waals surface area (Å²) in [5.41, 5.74) is 4.78. The summed E-state index contributed by atoms with van der Waals surface area (Å²) >= 11 is 0. The van der Waals surface area contributed by atoms with Crippen LogP contribution < -0.4 is 15.0 Å². The van der Waals surface area contributed by atoms with Crippen molar-refractivity contribution in [2.45, 2.75) is 45.1 Å². The highest BCUT2D eigenvalue weighted by molar-refractivity contribution is 6.32. The monoisotopic (exact) mass is 425 g/mol. The normalized spacial score (nSPS) is 22.1. The number of rotatable bonds is 2. The molecule has 1 heterocycles. The SMILES string of the molecule is Cc1ccc2c(c1)OC1=CC(NC3CCCCC3)=C3C(=O)c4ccccc4C(=O)C3C1=[NH+]2. The van der Waals surface area contributed by atoms with Crippen LogP contribution in [0.3, 0.4) is 0 Å². The lowest BCUT2D eigenvalue weighted by atomic mass is 9.72. The number of benzene rings is 2. The van der Waals surface area contributed by atoms with E-state index in [0.29, 0.717) is 34.2 Å². The first-order chi connectivity index (χ1) is 15.6. The maximum absolute atomic E-state index is 13.7. The van der Waals surface area contributed by atoms with E-state index in [-0.39, 0.29) is 11.6 Å². The van der Waals surface area contributed by atoms with Gasteiger partial charge in [-0.3, -0.25) is 9.59 Å². The van der Waals surface area contributed by atoms with Gasteiger partial charge < -0.3 is 10.1 Å². The third-order valence-electron chi connectivity index (χ3n) is 6.94. The van der Waals surface area contributed by atoms with Crippen molar-refractivity contribution in [1.82, 2.24) is 5.32 Å². The van der Waals surface area contributed by atoms with E-state index in [1.54, 1.807) is 12.1 Å². The molecular formula is C27H25N2O3+. The predicted molar refractivity (Wildman–Crippen MR) is 121 cm³/mol. The van der Waals surface area contributed by atoms with Gasteiger partial charge in [0.25, 0.3) is 0 Å². The fourth-order valence-corrected chi connectivity index (χ4v) is 5.33. The molecule has 2 aromatic carbocycles. The van der Waals surface area contributed by atoms with E-state index in [4.69, 9.17) is 4.74 Å². The molecule has 1 unspecified atom stereocenters. The standard InChI is InChI=1S/C27H24N2O3/c1-15-11-12-19-21(13-15)32-22-14-20(28-16-7-3-2-4-8-16)23-24(25(22)29-19)27(31)18-10-6-5-9-17(18)26(23)30/h5-6,9-14,16,24,28H,2-4,7-8H2,1H3/p+1. The molecule has 5 nitrogen and oxygen atoms in total. The molecule has 1 atom stereocenters.